The van der Waals surface area contributed by atoms with Crippen molar-refractivity contribution in [3.8, 4) is 0 Å². The standard InChI is InChI=1S/C28H35F3N4O4/c1-2-14-39-24-18-35(22-6-10-27(38,11-7-22)20-8-12-32-13-9-20)17-23(24)34-25(36)16-33-26(37)19-4-3-5-21(15-19)28(29,30)31/h3-5,8-9,12-13,15,22-24,38H,2,6-7,10-11,14,16-18H2,1H3,(H,33,37)(H,34,36)/t22?,23-,24+,27?/m0/s1. The second-order valence-electron chi connectivity index (χ2n) is 10.3. The summed E-state index contributed by atoms with van der Waals surface area (Å²) in [5.41, 5.74) is -1.09. The third-order valence-electron chi connectivity index (χ3n) is 7.55. The number of hydrogen-bond donors (Lipinski definition) is 3. The number of benzene rings is 1. The quantitative estimate of drug-likeness (QED) is 0.445. The van der Waals surface area contributed by atoms with Gasteiger partial charge in [0.15, 0.2) is 0 Å². The van der Waals surface area contributed by atoms with E-state index in [0.29, 0.717) is 32.5 Å². The Morgan fingerprint density at radius 3 is 2.54 bits per heavy atom. The second-order valence-corrected chi connectivity index (χ2v) is 10.3. The van der Waals surface area contributed by atoms with Gasteiger partial charge in [0.1, 0.15) is 0 Å². The van der Waals surface area contributed by atoms with Crippen molar-refractivity contribution < 1.29 is 32.6 Å². The molecule has 1 saturated carbocycles. The first-order valence-corrected chi connectivity index (χ1v) is 13.3. The van der Waals surface area contributed by atoms with E-state index in [1.54, 1.807) is 12.4 Å². The summed E-state index contributed by atoms with van der Waals surface area (Å²) in [5.74, 6) is -1.20. The molecule has 212 valence electrons. The minimum absolute atomic E-state index is 0.169. The van der Waals surface area contributed by atoms with Crippen LogP contribution in [0.3, 0.4) is 0 Å². The lowest BCUT2D eigenvalue weighted by Gasteiger charge is -2.39. The Morgan fingerprint density at radius 1 is 1.15 bits per heavy atom. The fourth-order valence-corrected chi connectivity index (χ4v) is 5.43. The number of alkyl halides is 3. The van der Waals surface area contributed by atoms with Crippen LogP contribution in [0.15, 0.2) is 48.8 Å². The van der Waals surface area contributed by atoms with E-state index in [4.69, 9.17) is 4.74 Å². The van der Waals surface area contributed by atoms with E-state index < -0.39 is 29.2 Å². The number of nitrogens with one attached hydrogen (secondary N) is 2. The van der Waals surface area contributed by atoms with Crippen molar-refractivity contribution >= 4 is 11.8 Å². The number of pyridine rings is 1. The van der Waals surface area contributed by atoms with Gasteiger partial charge in [0.05, 0.1) is 29.9 Å². The predicted octanol–water partition coefficient (Wildman–Crippen LogP) is 3.26. The van der Waals surface area contributed by atoms with E-state index in [1.807, 2.05) is 19.1 Å². The zero-order valence-electron chi connectivity index (χ0n) is 21.9. The molecular formula is C28H35F3N4O4. The van der Waals surface area contributed by atoms with Crippen LogP contribution in [0, 0.1) is 0 Å². The Hall–Kier alpha value is -3.02. The van der Waals surface area contributed by atoms with Crippen molar-refractivity contribution in [3.05, 3.63) is 65.5 Å². The number of rotatable bonds is 9. The van der Waals surface area contributed by atoms with Crippen molar-refractivity contribution in [2.75, 3.05) is 26.2 Å². The van der Waals surface area contributed by atoms with Crippen molar-refractivity contribution in [2.45, 2.75) is 69.0 Å². The lowest BCUT2D eigenvalue weighted by molar-refractivity contribution is -0.137. The number of hydrogen-bond acceptors (Lipinski definition) is 6. The van der Waals surface area contributed by atoms with Gasteiger partial charge in [0.2, 0.25) is 5.91 Å². The van der Waals surface area contributed by atoms with Gasteiger partial charge in [-0.05, 0) is 68.0 Å². The molecule has 0 spiro atoms. The molecule has 3 N–H and O–H groups in total. The van der Waals surface area contributed by atoms with E-state index in [-0.39, 0.29) is 30.3 Å². The summed E-state index contributed by atoms with van der Waals surface area (Å²) in [7, 11) is 0. The minimum Gasteiger partial charge on any atom is -0.385 e. The van der Waals surface area contributed by atoms with Crippen molar-refractivity contribution in [3.63, 3.8) is 0 Å². The van der Waals surface area contributed by atoms with Crippen LogP contribution in [0.1, 0.15) is 60.5 Å². The largest absolute Gasteiger partial charge is 0.416 e. The fraction of sp³-hybridized carbons (Fsp3) is 0.536. The summed E-state index contributed by atoms with van der Waals surface area (Å²) in [4.78, 5) is 31.4. The third-order valence-corrected chi connectivity index (χ3v) is 7.55. The lowest BCUT2D eigenvalue weighted by atomic mass is 9.77. The summed E-state index contributed by atoms with van der Waals surface area (Å²) in [6, 6.07) is 7.71. The molecule has 2 aromatic rings. The van der Waals surface area contributed by atoms with Crippen molar-refractivity contribution in [1.29, 1.82) is 0 Å². The van der Waals surface area contributed by atoms with Crippen LogP contribution in [0.2, 0.25) is 0 Å². The van der Waals surface area contributed by atoms with Gasteiger partial charge in [-0.1, -0.05) is 13.0 Å². The zero-order chi connectivity index (χ0) is 28.0. The van der Waals surface area contributed by atoms with E-state index in [2.05, 4.69) is 20.5 Å². The Bertz CT molecular complexity index is 1120. The lowest BCUT2D eigenvalue weighted by Crippen LogP contribution is -2.48. The Morgan fingerprint density at radius 2 is 1.87 bits per heavy atom. The molecule has 2 heterocycles. The SMILES string of the molecule is CCCO[C@@H]1CN(C2CCC(O)(c3ccncc3)CC2)C[C@@H]1NC(=O)CNC(=O)c1cccc(C(F)(F)F)c1. The first-order valence-electron chi connectivity index (χ1n) is 13.3. The van der Waals surface area contributed by atoms with E-state index >= 15 is 0 Å². The average molecular weight is 549 g/mol. The van der Waals surface area contributed by atoms with Crippen LogP contribution in [0.4, 0.5) is 13.2 Å². The van der Waals surface area contributed by atoms with Gasteiger partial charge < -0.3 is 20.5 Å². The number of nitrogens with zero attached hydrogens (tertiary/aromatic N) is 2. The molecule has 4 rings (SSSR count). The molecule has 11 heteroatoms. The first-order chi connectivity index (χ1) is 18.6. The smallest absolute Gasteiger partial charge is 0.385 e. The molecule has 2 amide bonds. The molecular weight excluding hydrogens is 513 g/mol. The minimum atomic E-state index is -4.56. The highest BCUT2D eigenvalue weighted by Gasteiger charge is 2.42. The number of amides is 2. The van der Waals surface area contributed by atoms with Gasteiger partial charge in [-0.2, -0.15) is 13.2 Å². The molecule has 2 aliphatic rings. The first kappa shape index (κ1) is 29.0. The van der Waals surface area contributed by atoms with Crippen LogP contribution >= 0.6 is 0 Å². The Labute approximate surface area is 225 Å². The van der Waals surface area contributed by atoms with Crippen LogP contribution in [-0.2, 0) is 21.3 Å². The van der Waals surface area contributed by atoms with Gasteiger partial charge >= 0.3 is 6.18 Å². The van der Waals surface area contributed by atoms with E-state index in [9.17, 15) is 27.9 Å². The van der Waals surface area contributed by atoms with Crippen molar-refractivity contribution in [2.24, 2.45) is 0 Å². The summed E-state index contributed by atoms with van der Waals surface area (Å²) in [6.07, 6.45) is 2.25. The monoisotopic (exact) mass is 548 g/mol. The normalized spacial score (nSPS) is 25.8. The molecule has 1 aliphatic carbocycles. The molecule has 1 aromatic heterocycles. The summed E-state index contributed by atoms with van der Waals surface area (Å²) >= 11 is 0. The number of aromatic nitrogens is 1. The zero-order valence-corrected chi connectivity index (χ0v) is 21.9. The van der Waals surface area contributed by atoms with E-state index in [0.717, 1.165) is 43.0 Å². The molecule has 1 saturated heterocycles. The fourth-order valence-electron chi connectivity index (χ4n) is 5.43. The highest BCUT2D eigenvalue weighted by molar-refractivity contribution is 5.96. The maximum Gasteiger partial charge on any atom is 0.416 e. The molecule has 0 radical (unpaired) electrons. The highest BCUT2D eigenvalue weighted by atomic mass is 19.4. The molecule has 1 aliphatic heterocycles. The maximum atomic E-state index is 13.0. The summed E-state index contributed by atoms with van der Waals surface area (Å²) in [5, 5.41) is 16.5. The number of ether oxygens (including phenoxy) is 1. The van der Waals surface area contributed by atoms with Crippen LogP contribution < -0.4 is 10.6 Å². The third kappa shape index (κ3) is 7.34. The van der Waals surface area contributed by atoms with Gasteiger partial charge in [-0.25, -0.2) is 0 Å². The Kier molecular flexibility index (Phi) is 9.24. The topological polar surface area (TPSA) is 104 Å². The summed E-state index contributed by atoms with van der Waals surface area (Å²) in [6.45, 7) is 3.39. The maximum absolute atomic E-state index is 13.0. The molecule has 8 nitrogen and oxygen atoms in total. The number of likely N-dealkylation sites (tertiary alicyclic amines) is 1. The van der Waals surface area contributed by atoms with Crippen LogP contribution in [0.5, 0.6) is 0 Å². The van der Waals surface area contributed by atoms with Gasteiger partial charge in [-0.15, -0.1) is 0 Å². The van der Waals surface area contributed by atoms with Crippen LogP contribution in [-0.4, -0.2) is 71.2 Å². The number of carbonyl (C=O) groups excluding carboxylic acids is 2. The Balaban J connectivity index is 1.31. The number of carbonyl (C=O) groups is 2. The molecule has 0 unspecified atom stereocenters. The number of halogens is 3. The molecule has 2 atom stereocenters. The van der Waals surface area contributed by atoms with Gasteiger partial charge in [0.25, 0.3) is 5.91 Å². The molecule has 2 fully saturated rings. The van der Waals surface area contributed by atoms with Crippen molar-refractivity contribution in [1.82, 2.24) is 20.5 Å². The number of aliphatic hydroxyl groups is 1. The molecule has 39 heavy (non-hydrogen) atoms. The predicted molar refractivity (Wildman–Crippen MR) is 138 cm³/mol. The van der Waals surface area contributed by atoms with Gasteiger partial charge in [0, 0.05) is 43.7 Å². The van der Waals surface area contributed by atoms with Gasteiger partial charge in [-0.3, -0.25) is 19.5 Å². The van der Waals surface area contributed by atoms with Crippen LogP contribution in [0.25, 0.3) is 0 Å². The molecule has 1 aromatic carbocycles. The second kappa shape index (κ2) is 12.4. The molecule has 0 bridgehead atoms. The van der Waals surface area contributed by atoms with E-state index in [1.165, 1.54) is 6.07 Å². The average Bonchev–Trinajstić information content (AvgIpc) is 3.33. The summed E-state index contributed by atoms with van der Waals surface area (Å²) < 4.78 is 44.9. The highest BCUT2D eigenvalue weighted by Crippen LogP contribution is 2.39.